The molecule has 2 aliphatic rings. The van der Waals surface area contributed by atoms with Crippen molar-refractivity contribution >= 4 is 23.6 Å². The predicted molar refractivity (Wildman–Crippen MR) is 112 cm³/mol. The number of nitrogens with zero attached hydrogens (tertiary/aromatic N) is 2. The summed E-state index contributed by atoms with van der Waals surface area (Å²) in [5, 5.41) is 16.4. The molecule has 5 atom stereocenters. The highest BCUT2D eigenvalue weighted by atomic mass is 19.4. The molecule has 2 aliphatic heterocycles. The first-order chi connectivity index (χ1) is 15.7. The lowest BCUT2D eigenvalue weighted by Crippen LogP contribution is -2.59. The highest BCUT2D eigenvalue weighted by molar-refractivity contribution is 5.94. The number of carbonyl (C=O) groups is 4. The van der Waals surface area contributed by atoms with E-state index in [9.17, 15) is 37.6 Å². The molecule has 0 aromatic carbocycles. The smallest absolute Gasteiger partial charge is 0.380 e. The molecule has 0 radical (unpaired) electrons. The van der Waals surface area contributed by atoms with Gasteiger partial charge in [-0.15, -0.1) is 0 Å². The number of alkyl halides is 3. The van der Waals surface area contributed by atoms with Crippen molar-refractivity contribution in [3.05, 3.63) is 0 Å². The second-order valence-electron chi connectivity index (χ2n) is 9.57. The van der Waals surface area contributed by atoms with Gasteiger partial charge < -0.3 is 25.6 Å². The van der Waals surface area contributed by atoms with Crippen molar-refractivity contribution in [1.82, 2.24) is 20.9 Å². The molecule has 10 nitrogen and oxygen atoms in total. The molecule has 0 aliphatic carbocycles. The minimum absolute atomic E-state index is 0.0558. The maximum Gasteiger partial charge on any atom is 0.471 e. The first-order valence-electron chi connectivity index (χ1n) is 10.9. The summed E-state index contributed by atoms with van der Waals surface area (Å²) in [6.07, 6.45) is -5.08. The summed E-state index contributed by atoms with van der Waals surface area (Å²) < 4.78 is 43.8. The maximum atomic E-state index is 13.3. The van der Waals surface area contributed by atoms with Crippen LogP contribution in [-0.2, 0) is 23.9 Å². The van der Waals surface area contributed by atoms with E-state index in [1.54, 1.807) is 5.32 Å². The Balaban J connectivity index is 2.21. The molecule has 0 aromatic rings. The molecule has 3 N–H and O–H groups in total. The largest absolute Gasteiger partial charge is 0.471 e. The fourth-order valence-corrected chi connectivity index (χ4v) is 4.05. The zero-order valence-electron chi connectivity index (χ0n) is 19.5. The number of nitrogens with one attached hydrogen (secondary N) is 3. The number of amides is 4. The highest BCUT2D eigenvalue weighted by Crippen LogP contribution is 2.28. The van der Waals surface area contributed by atoms with Crippen LogP contribution in [0, 0.1) is 22.7 Å². The van der Waals surface area contributed by atoms with Crippen LogP contribution in [0.4, 0.5) is 13.2 Å². The van der Waals surface area contributed by atoms with Gasteiger partial charge in [-0.1, -0.05) is 20.8 Å². The molecule has 13 heteroatoms. The number of methoxy groups -OCH3 is 1. The first-order valence-corrected chi connectivity index (χ1v) is 10.9. The number of likely N-dealkylation sites (tertiary alicyclic amines) is 1. The number of halogens is 3. The molecule has 2 saturated heterocycles. The third-order valence-corrected chi connectivity index (χ3v) is 5.98. The monoisotopic (exact) mass is 489 g/mol. The van der Waals surface area contributed by atoms with Crippen molar-refractivity contribution in [1.29, 1.82) is 5.26 Å². The zero-order valence-corrected chi connectivity index (χ0v) is 19.5. The molecule has 0 bridgehead atoms. The Morgan fingerprint density at radius 1 is 1.26 bits per heavy atom. The third-order valence-electron chi connectivity index (χ3n) is 5.98. The minimum Gasteiger partial charge on any atom is -0.380 e. The Labute approximate surface area is 195 Å². The summed E-state index contributed by atoms with van der Waals surface area (Å²) in [6.45, 7) is 4.87. The van der Waals surface area contributed by atoms with E-state index in [1.807, 2.05) is 6.07 Å². The van der Waals surface area contributed by atoms with Gasteiger partial charge in [-0.25, -0.2) is 0 Å². The topological polar surface area (TPSA) is 141 Å². The molecular weight excluding hydrogens is 459 g/mol. The predicted octanol–water partition coefficient (Wildman–Crippen LogP) is 0.230. The molecule has 0 spiro atoms. The van der Waals surface area contributed by atoms with Gasteiger partial charge in [0, 0.05) is 32.5 Å². The average molecular weight is 489 g/mol. The Morgan fingerprint density at radius 2 is 1.91 bits per heavy atom. The van der Waals surface area contributed by atoms with Crippen LogP contribution in [0.2, 0.25) is 0 Å². The van der Waals surface area contributed by atoms with Crippen molar-refractivity contribution in [3.8, 4) is 6.07 Å². The molecule has 2 fully saturated rings. The fourth-order valence-electron chi connectivity index (χ4n) is 4.05. The molecule has 2 rings (SSSR count). The average Bonchev–Trinajstić information content (AvgIpc) is 3.35. The van der Waals surface area contributed by atoms with Crippen LogP contribution in [0.5, 0.6) is 0 Å². The van der Waals surface area contributed by atoms with Gasteiger partial charge in [0.1, 0.15) is 18.1 Å². The summed E-state index contributed by atoms with van der Waals surface area (Å²) >= 11 is 0. The van der Waals surface area contributed by atoms with Crippen molar-refractivity contribution in [2.75, 3.05) is 20.2 Å². The molecule has 0 aromatic heterocycles. The Hall–Kier alpha value is -2.88. The molecule has 34 heavy (non-hydrogen) atoms. The lowest BCUT2D eigenvalue weighted by molar-refractivity contribution is -0.176. The summed E-state index contributed by atoms with van der Waals surface area (Å²) in [4.78, 5) is 50.8. The second kappa shape index (κ2) is 10.6. The molecule has 2 heterocycles. The third kappa shape index (κ3) is 6.59. The molecular formula is C21H30F3N5O5. The van der Waals surface area contributed by atoms with Crippen molar-refractivity contribution in [2.24, 2.45) is 11.3 Å². The number of nitriles is 1. The van der Waals surface area contributed by atoms with Crippen LogP contribution in [-0.4, -0.2) is 79.1 Å². The van der Waals surface area contributed by atoms with Crippen LogP contribution in [0.1, 0.15) is 40.0 Å². The van der Waals surface area contributed by atoms with Gasteiger partial charge in [0.05, 0.1) is 12.2 Å². The number of carbonyl (C=O) groups excluding carboxylic acids is 4. The second-order valence-corrected chi connectivity index (χ2v) is 9.57. The van der Waals surface area contributed by atoms with E-state index in [2.05, 4.69) is 10.6 Å². The standard InChI is InChI=1S/C21H30F3N5O5/c1-20(2,3)15(28-19(33)21(22,23)24)18(32)29-10-13(34-4)8-14(29)17(31)27-12(9-25)7-11-5-6-26-16(11)30/h11-15H,5-8,10H2,1-4H3,(H,26,30)(H,27,31)(H,28,33)/t11-,12-,13-,14-,15+/m0/s1. The highest BCUT2D eigenvalue weighted by Gasteiger charge is 2.48. The summed E-state index contributed by atoms with van der Waals surface area (Å²) in [7, 11) is 1.37. The van der Waals surface area contributed by atoms with Gasteiger partial charge in [-0.05, 0) is 18.3 Å². The molecule has 190 valence electrons. The van der Waals surface area contributed by atoms with Gasteiger partial charge in [-0.3, -0.25) is 19.2 Å². The van der Waals surface area contributed by atoms with E-state index in [1.165, 1.54) is 27.9 Å². The molecule has 4 amide bonds. The Morgan fingerprint density at radius 3 is 2.38 bits per heavy atom. The molecule has 0 saturated carbocycles. The lowest BCUT2D eigenvalue weighted by atomic mass is 9.85. The fraction of sp³-hybridized carbons (Fsp3) is 0.762. The minimum atomic E-state index is -5.19. The summed E-state index contributed by atoms with van der Waals surface area (Å²) in [6, 6.07) is -1.76. The van der Waals surface area contributed by atoms with Crippen LogP contribution in [0.3, 0.4) is 0 Å². The van der Waals surface area contributed by atoms with Crippen LogP contribution in [0.25, 0.3) is 0 Å². The van der Waals surface area contributed by atoms with Crippen molar-refractivity contribution < 1.29 is 37.1 Å². The van der Waals surface area contributed by atoms with E-state index in [4.69, 9.17) is 4.74 Å². The Kier molecular flexibility index (Phi) is 8.52. The van der Waals surface area contributed by atoms with Crippen molar-refractivity contribution in [3.63, 3.8) is 0 Å². The van der Waals surface area contributed by atoms with E-state index in [-0.39, 0.29) is 25.3 Å². The quantitative estimate of drug-likeness (QED) is 0.468. The van der Waals surface area contributed by atoms with Crippen LogP contribution in [0.15, 0.2) is 0 Å². The lowest BCUT2D eigenvalue weighted by Gasteiger charge is -2.35. The number of hydrogen-bond acceptors (Lipinski definition) is 6. The number of rotatable bonds is 7. The number of ether oxygens (including phenoxy) is 1. The zero-order chi connectivity index (χ0) is 25.8. The van der Waals surface area contributed by atoms with Gasteiger partial charge in [0.2, 0.25) is 17.7 Å². The molecule has 0 unspecified atom stereocenters. The SMILES string of the molecule is CO[C@H]1C[C@@H](C(=O)N[C@H](C#N)C[C@@H]2CCNC2=O)N(C(=O)[C@@H](NC(=O)C(F)(F)F)C(C)(C)C)C1. The van der Waals surface area contributed by atoms with E-state index in [0.29, 0.717) is 13.0 Å². The van der Waals surface area contributed by atoms with Crippen LogP contribution >= 0.6 is 0 Å². The Bertz CT molecular complexity index is 851. The van der Waals surface area contributed by atoms with Gasteiger partial charge >= 0.3 is 12.1 Å². The van der Waals surface area contributed by atoms with E-state index < -0.39 is 59.5 Å². The normalized spacial score (nSPS) is 24.7. The van der Waals surface area contributed by atoms with Crippen molar-refractivity contribution in [2.45, 2.75) is 70.4 Å². The van der Waals surface area contributed by atoms with Crippen LogP contribution < -0.4 is 16.0 Å². The first kappa shape index (κ1) is 27.4. The van der Waals surface area contributed by atoms with Gasteiger partial charge in [-0.2, -0.15) is 18.4 Å². The number of hydrogen-bond donors (Lipinski definition) is 3. The van der Waals surface area contributed by atoms with E-state index >= 15 is 0 Å². The maximum absolute atomic E-state index is 13.3. The van der Waals surface area contributed by atoms with Gasteiger partial charge in [0.15, 0.2) is 0 Å². The van der Waals surface area contributed by atoms with E-state index in [0.717, 1.165) is 4.90 Å². The summed E-state index contributed by atoms with van der Waals surface area (Å²) in [5.41, 5.74) is -1.10. The van der Waals surface area contributed by atoms with Gasteiger partial charge in [0.25, 0.3) is 0 Å². The summed E-state index contributed by atoms with van der Waals surface area (Å²) in [5.74, 6) is -4.45.